The standard InChI is InChI=1S/C18H33N3O7/c1-18(24)6-12(22)17(25-8-18)28-16-11(21)5-10(20)15(14(16)23)27-13-4-2-3-9(7-19)26-13/h3,10-17,22-24H,2,4-8,19-21H2,1H3/t10?,11?,12?,13-,14?,15-,16+,17?,18-/m1/s1. The number of aliphatic hydroxyl groups excluding tert-OH is 2. The summed E-state index contributed by atoms with van der Waals surface area (Å²) >= 11 is 0. The van der Waals surface area contributed by atoms with Gasteiger partial charge >= 0.3 is 0 Å². The summed E-state index contributed by atoms with van der Waals surface area (Å²) in [5.74, 6) is 0.644. The van der Waals surface area contributed by atoms with Gasteiger partial charge in [-0.3, -0.25) is 0 Å². The van der Waals surface area contributed by atoms with Crippen LogP contribution < -0.4 is 17.2 Å². The van der Waals surface area contributed by atoms with Crippen LogP contribution in [0.25, 0.3) is 0 Å². The van der Waals surface area contributed by atoms with Crippen molar-refractivity contribution in [1.82, 2.24) is 0 Å². The smallest absolute Gasteiger partial charge is 0.200 e. The number of nitrogens with two attached hydrogens (primary N) is 3. The van der Waals surface area contributed by atoms with E-state index in [-0.39, 0.29) is 19.6 Å². The Hall–Kier alpha value is -0.820. The molecule has 2 aliphatic heterocycles. The van der Waals surface area contributed by atoms with Crippen LogP contribution in [0.15, 0.2) is 11.8 Å². The maximum atomic E-state index is 10.9. The molecular formula is C18H33N3O7. The molecule has 0 bridgehead atoms. The molecule has 10 heteroatoms. The second-order valence-corrected chi connectivity index (χ2v) is 8.20. The molecule has 0 aromatic heterocycles. The lowest BCUT2D eigenvalue weighted by molar-refractivity contribution is -0.295. The van der Waals surface area contributed by atoms with Crippen LogP contribution in [0.4, 0.5) is 0 Å². The van der Waals surface area contributed by atoms with Gasteiger partial charge in [0.15, 0.2) is 12.6 Å². The van der Waals surface area contributed by atoms with Gasteiger partial charge in [-0.2, -0.15) is 0 Å². The van der Waals surface area contributed by atoms with E-state index in [4.69, 9.17) is 36.1 Å². The summed E-state index contributed by atoms with van der Waals surface area (Å²) in [7, 11) is 0. The summed E-state index contributed by atoms with van der Waals surface area (Å²) in [6.07, 6.45) is -1.59. The third-order valence-electron chi connectivity index (χ3n) is 5.44. The van der Waals surface area contributed by atoms with Crippen molar-refractivity contribution >= 4 is 0 Å². The molecule has 28 heavy (non-hydrogen) atoms. The maximum Gasteiger partial charge on any atom is 0.200 e. The maximum absolute atomic E-state index is 10.9. The van der Waals surface area contributed by atoms with E-state index in [1.54, 1.807) is 6.92 Å². The molecular weight excluding hydrogens is 370 g/mol. The lowest BCUT2D eigenvalue weighted by Gasteiger charge is -2.45. The number of rotatable bonds is 5. The number of hydrogen-bond donors (Lipinski definition) is 6. The quantitative estimate of drug-likeness (QED) is 0.301. The molecule has 0 spiro atoms. The van der Waals surface area contributed by atoms with Gasteiger partial charge in [0.1, 0.15) is 30.2 Å². The Morgan fingerprint density at radius 1 is 1.21 bits per heavy atom. The SMILES string of the molecule is C[C@]1(O)COC(O[C@H]2C(N)CC(N)[C@@H](O[C@@H]3CCC=C(CN)O3)C2O)C(O)C1. The number of hydrogen-bond acceptors (Lipinski definition) is 10. The van der Waals surface area contributed by atoms with Crippen LogP contribution in [0.1, 0.15) is 32.6 Å². The van der Waals surface area contributed by atoms with Crippen molar-refractivity contribution in [1.29, 1.82) is 0 Å². The van der Waals surface area contributed by atoms with Crippen LogP contribution in [-0.2, 0) is 18.9 Å². The van der Waals surface area contributed by atoms with Gasteiger partial charge in [0.2, 0.25) is 0 Å². The van der Waals surface area contributed by atoms with Crippen molar-refractivity contribution in [2.24, 2.45) is 17.2 Å². The van der Waals surface area contributed by atoms with Crippen LogP contribution in [0.2, 0.25) is 0 Å². The van der Waals surface area contributed by atoms with Gasteiger partial charge in [-0.25, -0.2) is 0 Å². The fourth-order valence-corrected chi connectivity index (χ4v) is 3.96. The van der Waals surface area contributed by atoms with E-state index in [2.05, 4.69) is 0 Å². The fraction of sp³-hybridized carbons (Fsp3) is 0.889. The van der Waals surface area contributed by atoms with Gasteiger partial charge in [0.05, 0.1) is 18.8 Å². The molecule has 2 heterocycles. The topological polar surface area (TPSA) is 176 Å². The zero-order chi connectivity index (χ0) is 20.5. The average Bonchev–Trinajstić information content (AvgIpc) is 2.63. The Morgan fingerprint density at radius 2 is 1.89 bits per heavy atom. The summed E-state index contributed by atoms with van der Waals surface area (Å²) in [6.45, 7) is 1.86. The fourth-order valence-electron chi connectivity index (χ4n) is 3.96. The van der Waals surface area contributed by atoms with Gasteiger partial charge in [-0.1, -0.05) is 0 Å². The lowest BCUT2D eigenvalue weighted by Crippen LogP contribution is -2.65. The molecule has 0 radical (unpaired) electrons. The summed E-state index contributed by atoms with van der Waals surface area (Å²) in [6, 6.07) is -1.06. The van der Waals surface area contributed by atoms with Crippen LogP contribution in [0.3, 0.4) is 0 Å². The Balaban J connectivity index is 1.63. The van der Waals surface area contributed by atoms with E-state index in [9.17, 15) is 15.3 Å². The Morgan fingerprint density at radius 3 is 2.54 bits per heavy atom. The van der Waals surface area contributed by atoms with E-state index in [0.717, 1.165) is 6.42 Å². The van der Waals surface area contributed by atoms with Crippen molar-refractivity contribution in [3.63, 3.8) is 0 Å². The molecule has 162 valence electrons. The normalized spacial score (nSPS) is 47.3. The van der Waals surface area contributed by atoms with Crippen LogP contribution in [0, 0.1) is 0 Å². The molecule has 0 aromatic carbocycles. The average molecular weight is 403 g/mol. The molecule has 0 amide bonds. The molecule has 9 atom stereocenters. The third kappa shape index (κ3) is 5.02. The monoisotopic (exact) mass is 403 g/mol. The van der Waals surface area contributed by atoms with Crippen molar-refractivity contribution < 1.29 is 34.3 Å². The van der Waals surface area contributed by atoms with E-state index in [1.165, 1.54) is 0 Å². The number of ether oxygens (including phenoxy) is 4. The largest absolute Gasteiger partial charge is 0.468 e. The van der Waals surface area contributed by atoms with Crippen LogP contribution in [-0.4, -0.2) is 83.2 Å². The first-order chi connectivity index (χ1) is 13.2. The Labute approximate surface area is 164 Å². The van der Waals surface area contributed by atoms with E-state index in [0.29, 0.717) is 18.6 Å². The Kier molecular flexibility index (Phi) is 6.96. The highest BCUT2D eigenvalue weighted by Gasteiger charge is 2.47. The second-order valence-electron chi connectivity index (χ2n) is 8.20. The number of aliphatic hydroxyl groups is 3. The van der Waals surface area contributed by atoms with E-state index < -0.39 is 54.7 Å². The predicted octanol–water partition coefficient (Wildman–Crippen LogP) is -1.99. The summed E-state index contributed by atoms with van der Waals surface area (Å²) < 4.78 is 22.9. The van der Waals surface area contributed by atoms with Crippen molar-refractivity contribution in [2.75, 3.05) is 13.2 Å². The first-order valence-corrected chi connectivity index (χ1v) is 9.78. The first kappa shape index (κ1) is 21.9. The predicted molar refractivity (Wildman–Crippen MR) is 98.6 cm³/mol. The van der Waals surface area contributed by atoms with E-state index >= 15 is 0 Å². The highest BCUT2D eigenvalue weighted by Crippen LogP contribution is 2.31. The summed E-state index contributed by atoms with van der Waals surface area (Å²) in [5.41, 5.74) is 16.8. The minimum atomic E-state index is -1.13. The van der Waals surface area contributed by atoms with Crippen molar-refractivity contribution in [2.45, 2.75) is 87.3 Å². The summed E-state index contributed by atoms with van der Waals surface area (Å²) in [4.78, 5) is 0. The molecule has 1 saturated heterocycles. The zero-order valence-corrected chi connectivity index (χ0v) is 16.1. The molecule has 1 saturated carbocycles. The minimum absolute atomic E-state index is 0.0103. The summed E-state index contributed by atoms with van der Waals surface area (Å²) in [5, 5.41) is 31.1. The van der Waals surface area contributed by atoms with Crippen LogP contribution >= 0.6 is 0 Å². The molecule has 3 aliphatic rings. The highest BCUT2D eigenvalue weighted by atomic mass is 16.7. The van der Waals surface area contributed by atoms with Gasteiger partial charge in [0.25, 0.3) is 0 Å². The van der Waals surface area contributed by atoms with Gasteiger partial charge in [-0.15, -0.1) is 0 Å². The number of allylic oxidation sites excluding steroid dienone is 1. The molecule has 2 fully saturated rings. The van der Waals surface area contributed by atoms with Gasteiger partial charge < -0.3 is 51.5 Å². The third-order valence-corrected chi connectivity index (χ3v) is 5.44. The molecule has 9 N–H and O–H groups in total. The Bertz CT molecular complexity index is 561. The van der Waals surface area contributed by atoms with Crippen LogP contribution in [0.5, 0.6) is 0 Å². The molecule has 1 aliphatic carbocycles. The molecule has 3 rings (SSSR count). The second kappa shape index (κ2) is 8.90. The molecule has 10 nitrogen and oxygen atoms in total. The van der Waals surface area contributed by atoms with Crippen molar-refractivity contribution in [3.05, 3.63) is 11.8 Å². The highest BCUT2D eigenvalue weighted by molar-refractivity contribution is 5.01. The first-order valence-electron chi connectivity index (χ1n) is 9.78. The van der Waals surface area contributed by atoms with Crippen molar-refractivity contribution in [3.8, 4) is 0 Å². The van der Waals surface area contributed by atoms with Gasteiger partial charge in [0, 0.05) is 24.9 Å². The van der Waals surface area contributed by atoms with Gasteiger partial charge in [-0.05, 0) is 25.8 Å². The minimum Gasteiger partial charge on any atom is -0.468 e. The molecule has 5 unspecified atom stereocenters. The van der Waals surface area contributed by atoms with E-state index in [1.807, 2.05) is 6.08 Å². The lowest BCUT2D eigenvalue weighted by atomic mass is 9.84. The molecule has 0 aromatic rings. The zero-order valence-electron chi connectivity index (χ0n) is 16.1.